The summed E-state index contributed by atoms with van der Waals surface area (Å²) in [4.78, 5) is 14.8. The van der Waals surface area contributed by atoms with Crippen molar-refractivity contribution in [2.45, 2.75) is 37.8 Å². The van der Waals surface area contributed by atoms with Gasteiger partial charge in [-0.3, -0.25) is 9.69 Å². The Morgan fingerprint density at radius 1 is 1.08 bits per heavy atom. The lowest BCUT2D eigenvalue weighted by Gasteiger charge is -2.32. The van der Waals surface area contributed by atoms with Crippen LogP contribution in [0.1, 0.15) is 25.7 Å². The first-order valence-electron chi connectivity index (χ1n) is 8.95. The minimum Gasteiger partial charge on any atom is -0.484 e. The van der Waals surface area contributed by atoms with Crippen molar-refractivity contribution in [3.05, 3.63) is 42.5 Å². The van der Waals surface area contributed by atoms with Crippen LogP contribution < -0.4 is 10.1 Å². The first-order valence-corrected chi connectivity index (χ1v) is 8.95. The second-order valence-electron chi connectivity index (χ2n) is 6.86. The quantitative estimate of drug-likeness (QED) is 0.940. The molecule has 2 fully saturated rings. The van der Waals surface area contributed by atoms with Gasteiger partial charge < -0.3 is 10.1 Å². The molecule has 1 amide bonds. The van der Waals surface area contributed by atoms with Crippen LogP contribution in [0, 0.1) is 0 Å². The average molecular weight is 324 g/mol. The maximum Gasteiger partial charge on any atom is 0.258 e. The number of carbonyl (C=O) groups excluding carboxylic acids is 1. The molecule has 2 aromatic rings. The molecular formula is C20H24N2O2. The number of rotatable bonds is 4. The van der Waals surface area contributed by atoms with Crippen LogP contribution in [0.25, 0.3) is 10.8 Å². The van der Waals surface area contributed by atoms with Gasteiger partial charge in [-0.25, -0.2) is 0 Å². The maximum atomic E-state index is 12.3. The Morgan fingerprint density at radius 3 is 2.88 bits per heavy atom. The molecule has 4 nitrogen and oxygen atoms in total. The number of hydrogen-bond donors (Lipinski definition) is 1. The summed E-state index contributed by atoms with van der Waals surface area (Å²) >= 11 is 0. The van der Waals surface area contributed by atoms with E-state index in [2.05, 4.69) is 22.3 Å². The number of nitrogens with zero attached hydrogens (tertiary/aromatic N) is 1. The third kappa shape index (κ3) is 3.24. The average Bonchev–Trinajstić information content (AvgIpc) is 3.03. The van der Waals surface area contributed by atoms with Crippen LogP contribution in [0.5, 0.6) is 5.75 Å². The van der Waals surface area contributed by atoms with Gasteiger partial charge in [-0.05, 0) is 48.7 Å². The van der Waals surface area contributed by atoms with Gasteiger partial charge in [0.05, 0.1) is 0 Å². The van der Waals surface area contributed by atoms with Crippen LogP contribution in [0.2, 0.25) is 0 Å². The number of nitrogens with one attached hydrogen (secondary N) is 1. The second kappa shape index (κ2) is 6.81. The molecular weight excluding hydrogens is 300 g/mol. The normalized spacial score (nSPS) is 23.8. The highest BCUT2D eigenvalue weighted by Crippen LogP contribution is 2.27. The first kappa shape index (κ1) is 15.5. The molecule has 0 radical (unpaired) electrons. The molecule has 2 aliphatic heterocycles. The monoisotopic (exact) mass is 324 g/mol. The molecule has 0 aliphatic carbocycles. The number of carbonyl (C=O) groups is 1. The van der Waals surface area contributed by atoms with Gasteiger partial charge in [0.1, 0.15) is 5.75 Å². The molecule has 0 bridgehead atoms. The van der Waals surface area contributed by atoms with Gasteiger partial charge in [-0.15, -0.1) is 0 Å². The molecule has 0 spiro atoms. The van der Waals surface area contributed by atoms with Gasteiger partial charge in [-0.2, -0.15) is 0 Å². The van der Waals surface area contributed by atoms with Crippen molar-refractivity contribution in [3.8, 4) is 5.75 Å². The molecule has 4 rings (SSSR count). The van der Waals surface area contributed by atoms with Gasteiger partial charge >= 0.3 is 0 Å². The SMILES string of the molecule is O=C(COc1ccc2ccccc2c1)NC1CCN2CCCCC12. The fraction of sp³-hybridized carbons (Fsp3) is 0.450. The van der Waals surface area contributed by atoms with E-state index in [1.54, 1.807) is 0 Å². The molecule has 24 heavy (non-hydrogen) atoms. The second-order valence-corrected chi connectivity index (χ2v) is 6.86. The van der Waals surface area contributed by atoms with E-state index in [0.29, 0.717) is 6.04 Å². The standard InChI is InChI=1S/C20H24N2O2/c23-20(21-18-10-12-22-11-4-3-7-19(18)22)14-24-17-9-8-15-5-1-2-6-16(15)13-17/h1-2,5-6,8-9,13,18-19H,3-4,7,10-12,14H2,(H,21,23). The zero-order valence-electron chi connectivity index (χ0n) is 13.9. The van der Waals surface area contributed by atoms with Crippen LogP contribution in [-0.4, -0.2) is 42.6 Å². The molecule has 2 atom stereocenters. The number of piperidine rings is 1. The molecule has 1 N–H and O–H groups in total. The summed E-state index contributed by atoms with van der Waals surface area (Å²) in [5, 5.41) is 5.49. The highest BCUT2D eigenvalue weighted by atomic mass is 16.5. The Balaban J connectivity index is 1.32. The predicted molar refractivity (Wildman–Crippen MR) is 95.2 cm³/mol. The molecule has 2 aliphatic rings. The van der Waals surface area contributed by atoms with Crippen molar-refractivity contribution in [1.82, 2.24) is 10.2 Å². The van der Waals surface area contributed by atoms with Crippen LogP contribution in [0.4, 0.5) is 0 Å². The minimum atomic E-state index is -0.0133. The lowest BCUT2D eigenvalue weighted by Crippen LogP contribution is -2.47. The van der Waals surface area contributed by atoms with Crippen molar-refractivity contribution in [2.24, 2.45) is 0 Å². The Bertz CT molecular complexity index is 730. The topological polar surface area (TPSA) is 41.6 Å². The van der Waals surface area contributed by atoms with E-state index in [0.717, 1.165) is 24.1 Å². The molecule has 0 aromatic heterocycles. The summed E-state index contributed by atoms with van der Waals surface area (Å²) in [5.41, 5.74) is 0. The number of fused-ring (bicyclic) bond motifs is 2. The lowest BCUT2D eigenvalue weighted by molar-refractivity contribution is -0.124. The van der Waals surface area contributed by atoms with Crippen molar-refractivity contribution in [3.63, 3.8) is 0 Å². The number of ether oxygens (including phenoxy) is 1. The summed E-state index contributed by atoms with van der Waals surface area (Å²) in [6.07, 6.45) is 4.84. The van der Waals surface area contributed by atoms with E-state index < -0.39 is 0 Å². The third-order valence-corrected chi connectivity index (χ3v) is 5.29. The van der Waals surface area contributed by atoms with Gasteiger partial charge in [0, 0.05) is 18.6 Å². The molecule has 0 saturated carbocycles. The van der Waals surface area contributed by atoms with Crippen LogP contribution >= 0.6 is 0 Å². The maximum absolute atomic E-state index is 12.3. The predicted octanol–water partition coefficient (Wildman–Crippen LogP) is 2.96. The number of hydrogen-bond acceptors (Lipinski definition) is 3. The third-order valence-electron chi connectivity index (χ3n) is 5.29. The van der Waals surface area contributed by atoms with Crippen LogP contribution in [0.3, 0.4) is 0 Å². The van der Waals surface area contributed by atoms with E-state index in [1.807, 2.05) is 30.3 Å². The van der Waals surface area contributed by atoms with Crippen molar-refractivity contribution in [1.29, 1.82) is 0 Å². The highest BCUT2D eigenvalue weighted by Gasteiger charge is 2.36. The lowest BCUT2D eigenvalue weighted by atomic mass is 9.99. The first-order chi connectivity index (χ1) is 11.8. The van der Waals surface area contributed by atoms with Crippen molar-refractivity contribution < 1.29 is 9.53 Å². The molecule has 2 aromatic carbocycles. The van der Waals surface area contributed by atoms with E-state index in [4.69, 9.17) is 4.74 Å². The molecule has 4 heteroatoms. The summed E-state index contributed by atoms with van der Waals surface area (Å²) in [5.74, 6) is 0.732. The molecule has 126 valence electrons. The van der Waals surface area contributed by atoms with E-state index in [9.17, 15) is 4.79 Å². The molecule has 2 unspecified atom stereocenters. The Hall–Kier alpha value is -2.07. The number of benzene rings is 2. The van der Waals surface area contributed by atoms with Gasteiger partial charge in [-0.1, -0.05) is 36.8 Å². The Morgan fingerprint density at radius 2 is 1.96 bits per heavy atom. The van der Waals surface area contributed by atoms with E-state index in [-0.39, 0.29) is 18.6 Å². The number of amides is 1. The van der Waals surface area contributed by atoms with E-state index >= 15 is 0 Å². The Labute approximate surface area is 142 Å². The van der Waals surface area contributed by atoms with Gasteiger partial charge in [0.2, 0.25) is 0 Å². The van der Waals surface area contributed by atoms with Crippen LogP contribution in [-0.2, 0) is 4.79 Å². The summed E-state index contributed by atoms with van der Waals surface area (Å²) in [7, 11) is 0. The summed E-state index contributed by atoms with van der Waals surface area (Å²) in [6.45, 7) is 2.38. The van der Waals surface area contributed by atoms with Crippen molar-refractivity contribution >= 4 is 16.7 Å². The largest absolute Gasteiger partial charge is 0.484 e. The fourth-order valence-electron chi connectivity index (χ4n) is 4.07. The molecule has 2 heterocycles. The fourth-order valence-corrected chi connectivity index (χ4v) is 4.07. The van der Waals surface area contributed by atoms with Crippen LogP contribution in [0.15, 0.2) is 42.5 Å². The molecule has 2 saturated heterocycles. The summed E-state index contributed by atoms with van der Waals surface area (Å²) in [6, 6.07) is 14.9. The van der Waals surface area contributed by atoms with Crippen molar-refractivity contribution in [2.75, 3.05) is 19.7 Å². The highest BCUT2D eigenvalue weighted by molar-refractivity contribution is 5.84. The smallest absolute Gasteiger partial charge is 0.258 e. The zero-order valence-corrected chi connectivity index (χ0v) is 13.9. The Kier molecular flexibility index (Phi) is 4.39. The zero-order chi connectivity index (χ0) is 16.4. The van der Waals surface area contributed by atoms with Gasteiger partial charge in [0.25, 0.3) is 5.91 Å². The van der Waals surface area contributed by atoms with E-state index in [1.165, 1.54) is 31.2 Å². The summed E-state index contributed by atoms with van der Waals surface area (Å²) < 4.78 is 5.70. The minimum absolute atomic E-state index is 0.0133. The van der Waals surface area contributed by atoms with Gasteiger partial charge in [0.15, 0.2) is 6.61 Å².